The number of aromatic nitrogens is 2. The molecule has 0 radical (unpaired) electrons. The molecule has 20 heavy (non-hydrogen) atoms. The maximum atomic E-state index is 13.8. The molecule has 2 aromatic rings. The van der Waals surface area contributed by atoms with E-state index in [4.69, 9.17) is 4.74 Å². The van der Waals surface area contributed by atoms with Crippen molar-refractivity contribution in [3.63, 3.8) is 0 Å². The molecule has 1 atom stereocenters. The van der Waals surface area contributed by atoms with Crippen molar-refractivity contribution in [1.82, 2.24) is 15.3 Å². The maximum Gasteiger partial charge on any atom is 0.237 e. The van der Waals surface area contributed by atoms with E-state index in [1.54, 1.807) is 32.5 Å². The van der Waals surface area contributed by atoms with Crippen molar-refractivity contribution in [1.29, 1.82) is 0 Å². The number of hydrogen-bond acceptors (Lipinski definition) is 4. The first-order valence-corrected chi connectivity index (χ1v) is 6.51. The Balaban J connectivity index is 2.47. The monoisotopic (exact) mass is 275 g/mol. The van der Waals surface area contributed by atoms with E-state index in [-0.39, 0.29) is 11.9 Å². The molecule has 0 amide bonds. The second kappa shape index (κ2) is 6.43. The van der Waals surface area contributed by atoms with Crippen LogP contribution in [0.15, 0.2) is 30.6 Å². The van der Waals surface area contributed by atoms with Crippen LogP contribution in [-0.4, -0.2) is 23.6 Å². The maximum absolute atomic E-state index is 13.8. The van der Waals surface area contributed by atoms with Gasteiger partial charge in [-0.15, -0.1) is 0 Å². The minimum atomic E-state index is -0.251. The van der Waals surface area contributed by atoms with Crippen LogP contribution in [0.4, 0.5) is 4.39 Å². The SMILES string of the molecule is CCNC(c1ccc(C)c(F)c1)c1nccnc1OC. The quantitative estimate of drug-likeness (QED) is 0.911. The largest absolute Gasteiger partial charge is 0.480 e. The van der Waals surface area contributed by atoms with Crippen LogP contribution < -0.4 is 10.1 Å². The molecule has 0 saturated carbocycles. The minimum absolute atomic E-state index is 0.228. The fraction of sp³-hybridized carbons (Fsp3) is 0.333. The average molecular weight is 275 g/mol. The Morgan fingerprint density at radius 2 is 2.05 bits per heavy atom. The van der Waals surface area contributed by atoms with Crippen LogP contribution in [0, 0.1) is 12.7 Å². The zero-order chi connectivity index (χ0) is 14.5. The van der Waals surface area contributed by atoms with Crippen LogP contribution in [0.5, 0.6) is 5.88 Å². The number of rotatable bonds is 5. The predicted octanol–water partition coefficient (Wildman–Crippen LogP) is 2.63. The molecule has 1 heterocycles. The second-order valence-corrected chi connectivity index (χ2v) is 4.45. The number of nitrogens with one attached hydrogen (secondary N) is 1. The molecule has 0 spiro atoms. The lowest BCUT2D eigenvalue weighted by atomic mass is 10.0. The third-order valence-corrected chi connectivity index (χ3v) is 3.10. The first-order chi connectivity index (χ1) is 9.67. The third kappa shape index (κ3) is 2.93. The number of aryl methyl sites for hydroxylation is 1. The molecule has 0 fully saturated rings. The second-order valence-electron chi connectivity index (χ2n) is 4.45. The zero-order valence-electron chi connectivity index (χ0n) is 11.9. The van der Waals surface area contributed by atoms with Crippen molar-refractivity contribution in [3.8, 4) is 5.88 Å². The zero-order valence-corrected chi connectivity index (χ0v) is 11.9. The molecule has 0 bridgehead atoms. The van der Waals surface area contributed by atoms with Gasteiger partial charge >= 0.3 is 0 Å². The summed E-state index contributed by atoms with van der Waals surface area (Å²) in [6, 6.07) is 4.92. The number of methoxy groups -OCH3 is 1. The molecule has 1 aromatic heterocycles. The van der Waals surface area contributed by atoms with E-state index in [0.717, 1.165) is 12.1 Å². The van der Waals surface area contributed by atoms with E-state index in [1.807, 2.05) is 13.0 Å². The summed E-state index contributed by atoms with van der Waals surface area (Å²) in [5.74, 6) is 0.215. The predicted molar refractivity (Wildman–Crippen MR) is 75.2 cm³/mol. The van der Waals surface area contributed by atoms with Gasteiger partial charge in [0.2, 0.25) is 5.88 Å². The molecular weight excluding hydrogens is 257 g/mol. The van der Waals surface area contributed by atoms with E-state index >= 15 is 0 Å². The topological polar surface area (TPSA) is 47.0 Å². The Bertz CT molecular complexity index is 589. The summed E-state index contributed by atoms with van der Waals surface area (Å²) >= 11 is 0. The van der Waals surface area contributed by atoms with Gasteiger partial charge in [0.25, 0.3) is 0 Å². The molecular formula is C15H18FN3O. The molecule has 4 nitrogen and oxygen atoms in total. The number of benzene rings is 1. The Hall–Kier alpha value is -2.01. The van der Waals surface area contributed by atoms with E-state index in [1.165, 1.54) is 6.07 Å². The van der Waals surface area contributed by atoms with Crippen molar-refractivity contribution in [3.05, 3.63) is 53.2 Å². The molecule has 2 rings (SSSR count). The first-order valence-electron chi connectivity index (χ1n) is 6.51. The fourth-order valence-corrected chi connectivity index (χ4v) is 2.06. The highest BCUT2D eigenvalue weighted by atomic mass is 19.1. The van der Waals surface area contributed by atoms with Gasteiger partial charge in [-0.3, -0.25) is 4.98 Å². The Morgan fingerprint density at radius 3 is 2.70 bits per heavy atom. The summed E-state index contributed by atoms with van der Waals surface area (Å²) in [6.07, 6.45) is 3.17. The van der Waals surface area contributed by atoms with E-state index < -0.39 is 0 Å². The van der Waals surface area contributed by atoms with E-state index in [2.05, 4.69) is 15.3 Å². The average Bonchev–Trinajstić information content (AvgIpc) is 2.48. The molecule has 0 saturated heterocycles. The minimum Gasteiger partial charge on any atom is -0.480 e. The van der Waals surface area contributed by atoms with Crippen LogP contribution in [0.2, 0.25) is 0 Å². The van der Waals surface area contributed by atoms with Crippen molar-refractivity contribution >= 4 is 0 Å². The molecule has 1 N–H and O–H groups in total. The molecule has 106 valence electrons. The lowest BCUT2D eigenvalue weighted by molar-refractivity contribution is 0.383. The van der Waals surface area contributed by atoms with Crippen LogP contribution in [0.3, 0.4) is 0 Å². The number of ether oxygens (including phenoxy) is 1. The first kappa shape index (κ1) is 14.4. The smallest absolute Gasteiger partial charge is 0.237 e. The number of halogens is 1. The summed E-state index contributed by atoms with van der Waals surface area (Å²) < 4.78 is 19.0. The molecule has 1 unspecified atom stereocenters. The standard InChI is InChI=1S/C15H18FN3O/c1-4-17-13(11-6-5-10(2)12(16)9-11)14-15(20-3)19-8-7-18-14/h5-9,13,17H,4H2,1-3H3. The summed E-state index contributed by atoms with van der Waals surface area (Å²) in [6.45, 7) is 4.45. The van der Waals surface area contributed by atoms with Crippen molar-refractivity contribution < 1.29 is 9.13 Å². The van der Waals surface area contributed by atoms with Gasteiger partial charge in [0, 0.05) is 12.4 Å². The number of hydrogen-bond donors (Lipinski definition) is 1. The molecule has 0 aliphatic carbocycles. The van der Waals surface area contributed by atoms with Gasteiger partial charge in [-0.25, -0.2) is 9.37 Å². The van der Waals surface area contributed by atoms with Gasteiger partial charge in [0.15, 0.2) is 0 Å². The molecule has 0 aliphatic heterocycles. The highest BCUT2D eigenvalue weighted by Crippen LogP contribution is 2.27. The van der Waals surface area contributed by atoms with Crippen LogP contribution in [0.1, 0.15) is 29.8 Å². The van der Waals surface area contributed by atoms with Gasteiger partial charge in [-0.2, -0.15) is 0 Å². The van der Waals surface area contributed by atoms with Gasteiger partial charge in [0.1, 0.15) is 11.5 Å². The van der Waals surface area contributed by atoms with Crippen LogP contribution >= 0.6 is 0 Å². The van der Waals surface area contributed by atoms with Gasteiger partial charge in [-0.05, 0) is 30.7 Å². The van der Waals surface area contributed by atoms with Gasteiger partial charge in [-0.1, -0.05) is 19.1 Å². The van der Waals surface area contributed by atoms with Crippen LogP contribution in [-0.2, 0) is 0 Å². The Labute approximate surface area is 118 Å². The molecule has 0 aliphatic rings. The van der Waals surface area contributed by atoms with Gasteiger partial charge in [0.05, 0.1) is 13.2 Å². The molecule has 5 heteroatoms. The van der Waals surface area contributed by atoms with Gasteiger partial charge < -0.3 is 10.1 Å². The number of nitrogens with zero attached hydrogens (tertiary/aromatic N) is 2. The molecule has 1 aromatic carbocycles. The highest BCUT2D eigenvalue weighted by molar-refractivity contribution is 5.34. The summed E-state index contributed by atoms with van der Waals surface area (Å²) in [5, 5.41) is 3.29. The van der Waals surface area contributed by atoms with Crippen molar-refractivity contribution in [2.45, 2.75) is 19.9 Å². The lowest BCUT2D eigenvalue weighted by Crippen LogP contribution is -2.24. The highest BCUT2D eigenvalue weighted by Gasteiger charge is 2.20. The third-order valence-electron chi connectivity index (χ3n) is 3.10. The lowest BCUT2D eigenvalue weighted by Gasteiger charge is -2.19. The summed E-state index contributed by atoms with van der Waals surface area (Å²) in [5.41, 5.74) is 2.07. The van der Waals surface area contributed by atoms with Crippen LogP contribution in [0.25, 0.3) is 0 Å². The fourth-order valence-electron chi connectivity index (χ4n) is 2.06. The van der Waals surface area contributed by atoms with Crippen molar-refractivity contribution in [2.24, 2.45) is 0 Å². The Kier molecular flexibility index (Phi) is 4.63. The Morgan fingerprint density at radius 1 is 1.30 bits per heavy atom. The van der Waals surface area contributed by atoms with E-state index in [9.17, 15) is 4.39 Å². The summed E-state index contributed by atoms with van der Waals surface area (Å²) in [4.78, 5) is 8.47. The van der Waals surface area contributed by atoms with E-state index in [0.29, 0.717) is 17.1 Å². The van der Waals surface area contributed by atoms with Crippen molar-refractivity contribution in [2.75, 3.05) is 13.7 Å². The normalized spacial score (nSPS) is 12.2. The summed E-state index contributed by atoms with van der Waals surface area (Å²) in [7, 11) is 1.55.